The van der Waals surface area contributed by atoms with Gasteiger partial charge in [-0.3, -0.25) is 4.79 Å². The number of ether oxygens (including phenoxy) is 1. The third kappa shape index (κ3) is 4.75. The summed E-state index contributed by atoms with van der Waals surface area (Å²) in [5.41, 5.74) is 1.32. The zero-order valence-electron chi connectivity index (χ0n) is 15.6. The molecule has 3 rings (SSSR count). The summed E-state index contributed by atoms with van der Waals surface area (Å²) in [6, 6.07) is 6.95. The van der Waals surface area contributed by atoms with E-state index in [9.17, 15) is 17.6 Å². The normalized spacial score (nSPS) is 11.3. The first-order valence-electron chi connectivity index (χ1n) is 8.21. The number of aromatic nitrogens is 1. The molecule has 2 heterocycles. The van der Waals surface area contributed by atoms with E-state index in [0.717, 1.165) is 17.3 Å². The molecule has 6 nitrogen and oxygen atoms in total. The number of carbonyl (C=O) groups excluding carboxylic acids is 1. The fourth-order valence-corrected chi connectivity index (χ4v) is 4.55. The molecule has 0 fully saturated rings. The zero-order chi connectivity index (χ0) is 21.3. The van der Waals surface area contributed by atoms with E-state index in [1.165, 1.54) is 42.7 Å². The number of aryl methyl sites for hydroxylation is 1. The van der Waals surface area contributed by atoms with Gasteiger partial charge in [0.25, 0.3) is 5.91 Å². The van der Waals surface area contributed by atoms with Crippen molar-refractivity contribution in [3.8, 4) is 17.0 Å². The van der Waals surface area contributed by atoms with Gasteiger partial charge in [0.05, 0.1) is 23.1 Å². The molecular formula is C19H16ClFN2O4S2. The molecule has 0 spiro atoms. The molecule has 1 aromatic carbocycles. The SMILES string of the molecule is COc1cc(F)cnc1-c1cc(C(=O)Nc2cc(Cl)cc(S(C)(=O)=O)c2)sc1C. The number of amides is 1. The molecule has 0 atom stereocenters. The van der Waals surface area contributed by atoms with E-state index in [-0.39, 0.29) is 21.4 Å². The molecule has 0 aliphatic heterocycles. The Bertz CT molecular complexity index is 1210. The maximum absolute atomic E-state index is 13.4. The predicted octanol–water partition coefficient (Wildman–Crippen LogP) is 4.58. The molecule has 0 aliphatic rings. The molecule has 0 bridgehead atoms. The smallest absolute Gasteiger partial charge is 0.265 e. The molecule has 2 aromatic heterocycles. The molecule has 0 radical (unpaired) electrons. The fraction of sp³-hybridized carbons (Fsp3) is 0.158. The van der Waals surface area contributed by atoms with E-state index in [2.05, 4.69) is 10.3 Å². The lowest BCUT2D eigenvalue weighted by atomic mass is 10.1. The van der Waals surface area contributed by atoms with E-state index in [1.807, 2.05) is 6.92 Å². The molecule has 10 heteroatoms. The number of anilines is 1. The van der Waals surface area contributed by atoms with Crippen molar-refractivity contribution in [2.75, 3.05) is 18.7 Å². The number of carbonyl (C=O) groups is 1. The van der Waals surface area contributed by atoms with Crippen LogP contribution >= 0.6 is 22.9 Å². The van der Waals surface area contributed by atoms with Crippen LogP contribution in [-0.2, 0) is 9.84 Å². The first kappa shape index (κ1) is 21.2. The summed E-state index contributed by atoms with van der Waals surface area (Å²) in [4.78, 5) is 17.9. The Labute approximate surface area is 176 Å². The number of nitrogens with zero attached hydrogens (tertiary/aromatic N) is 1. The zero-order valence-corrected chi connectivity index (χ0v) is 18.0. The Kier molecular flexibility index (Phi) is 5.92. The van der Waals surface area contributed by atoms with Gasteiger partial charge in [-0.1, -0.05) is 11.6 Å². The number of nitrogens with one attached hydrogen (secondary N) is 1. The van der Waals surface area contributed by atoms with Crippen LogP contribution in [0.5, 0.6) is 5.75 Å². The minimum atomic E-state index is -3.48. The molecule has 0 saturated heterocycles. The molecule has 1 N–H and O–H groups in total. The van der Waals surface area contributed by atoms with Crippen LogP contribution in [-0.4, -0.2) is 32.7 Å². The van der Waals surface area contributed by atoms with Crippen LogP contribution in [0.2, 0.25) is 5.02 Å². The average molecular weight is 455 g/mol. The van der Waals surface area contributed by atoms with E-state index in [0.29, 0.717) is 16.1 Å². The Hall–Kier alpha value is -2.49. The second-order valence-corrected chi connectivity index (χ2v) is 9.90. The summed E-state index contributed by atoms with van der Waals surface area (Å²) in [7, 11) is -2.07. The second-order valence-electron chi connectivity index (χ2n) is 6.19. The maximum Gasteiger partial charge on any atom is 0.265 e. The highest BCUT2D eigenvalue weighted by Gasteiger charge is 2.19. The summed E-state index contributed by atoms with van der Waals surface area (Å²) < 4.78 is 42.1. The highest BCUT2D eigenvalue weighted by atomic mass is 35.5. The summed E-state index contributed by atoms with van der Waals surface area (Å²) in [6.45, 7) is 1.81. The standard InChI is InChI=1S/C19H16ClFN2O4S2/c1-10-15(18-16(27-2)6-12(21)9-22-18)8-17(28-10)19(24)23-13-4-11(20)5-14(7-13)29(3,25)26/h4-9H,1-3H3,(H,23,24). The van der Waals surface area contributed by atoms with Crippen LogP contribution in [0, 0.1) is 12.7 Å². The van der Waals surface area contributed by atoms with Gasteiger partial charge in [-0.05, 0) is 31.2 Å². The molecule has 152 valence electrons. The van der Waals surface area contributed by atoms with Gasteiger partial charge in [0, 0.05) is 33.5 Å². The van der Waals surface area contributed by atoms with E-state index >= 15 is 0 Å². The number of hydrogen-bond donors (Lipinski definition) is 1. The van der Waals surface area contributed by atoms with Crippen LogP contribution in [0.25, 0.3) is 11.3 Å². The number of methoxy groups -OCH3 is 1. The first-order valence-corrected chi connectivity index (χ1v) is 11.3. The Morgan fingerprint density at radius 3 is 2.62 bits per heavy atom. The minimum absolute atomic E-state index is 0.00333. The highest BCUT2D eigenvalue weighted by Crippen LogP contribution is 2.35. The Morgan fingerprint density at radius 1 is 1.24 bits per heavy atom. The first-order chi connectivity index (χ1) is 13.6. The number of halogens is 2. The maximum atomic E-state index is 13.4. The van der Waals surface area contributed by atoms with E-state index < -0.39 is 21.6 Å². The monoisotopic (exact) mass is 454 g/mol. The van der Waals surface area contributed by atoms with Crippen LogP contribution in [0.1, 0.15) is 14.5 Å². The van der Waals surface area contributed by atoms with Crippen molar-refractivity contribution < 1.29 is 22.3 Å². The predicted molar refractivity (Wildman–Crippen MR) is 111 cm³/mol. The number of rotatable bonds is 5. The quantitative estimate of drug-likeness (QED) is 0.610. The summed E-state index contributed by atoms with van der Waals surface area (Å²) in [6.07, 6.45) is 2.13. The van der Waals surface area contributed by atoms with Gasteiger partial charge in [0.15, 0.2) is 9.84 Å². The molecule has 3 aromatic rings. The Balaban J connectivity index is 1.93. The van der Waals surface area contributed by atoms with Crippen molar-refractivity contribution in [2.24, 2.45) is 0 Å². The third-order valence-electron chi connectivity index (χ3n) is 3.99. The van der Waals surface area contributed by atoms with Crippen molar-refractivity contribution in [3.63, 3.8) is 0 Å². The van der Waals surface area contributed by atoms with Crippen LogP contribution in [0.15, 0.2) is 41.4 Å². The Morgan fingerprint density at radius 2 is 1.97 bits per heavy atom. The molecule has 29 heavy (non-hydrogen) atoms. The van der Waals surface area contributed by atoms with E-state index in [1.54, 1.807) is 6.07 Å². The van der Waals surface area contributed by atoms with Crippen molar-refractivity contribution in [3.05, 3.63) is 57.1 Å². The number of sulfone groups is 1. The largest absolute Gasteiger partial charge is 0.494 e. The molecule has 0 saturated carbocycles. The molecule has 0 aliphatic carbocycles. The van der Waals surface area contributed by atoms with Crippen molar-refractivity contribution in [2.45, 2.75) is 11.8 Å². The van der Waals surface area contributed by atoms with Gasteiger partial charge >= 0.3 is 0 Å². The molecular weight excluding hydrogens is 439 g/mol. The van der Waals surface area contributed by atoms with Gasteiger partial charge < -0.3 is 10.1 Å². The fourth-order valence-electron chi connectivity index (χ4n) is 2.65. The van der Waals surface area contributed by atoms with Crippen molar-refractivity contribution >= 4 is 44.4 Å². The molecule has 1 amide bonds. The second kappa shape index (κ2) is 8.10. The van der Waals surface area contributed by atoms with Crippen molar-refractivity contribution in [1.82, 2.24) is 4.98 Å². The van der Waals surface area contributed by atoms with Crippen LogP contribution in [0.3, 0.4) is 0 Å². The van der Waals surface area contributed by atoms with Gasteiger partial charge in [-0.15, -0.1) is 11.3 Å². The topological polar surface area (TPSA) is 85.4 Å². The lowest BCUT2D eigenvalue weighted by Gasteiger charge is -2.07. The van der Waals surface area contributed by atoms with Crippen LogP contribution < -0.4 is 10.1 Å². The van der Waals surface area contributed by atoms with E-state index in [4.69, 9.17) is 16.3 Å². The minimum Gasteiger partial charge on any atom is -0.494 e. The number of hydrogen-bond acceptors (Lipinski definition) is 6. The number of pyridine rings is 1. The number of benzene rings is 1. The average Bonchev–Trinajstić information content (AvgIpc) is 3.02. The highest BCUT2D eigenvalue weighted by molar-refractivity contribution is 7.90. The van der Waals surface area contributed by atoms with Gasteiger partial charge in [0.1, 0.15) is 17.3 Å². The third-order valence-corrected chi connectivity index (χ3v) is 6.35. The number of thiophene rings is 1. The lowest BCUT2D eigenvalue weighted by molar-refractivity contribution is 0.103. The summed E-state index contributed by atoms with van der Waals surface area (Å²) >= 11 is 7.20. The van der Waals surface area contributed by atoms with Gasteiger partial charge in [0.2, 0.25) is 0 Å². The van der Waals surface area contributed by atoms with Crippen LogP contribution in [0.4, 0.5) is 10.1 Å². The lowest BCUT2D eigenvalue weighted by Crippen LogP contribution is -2.11. The van der Waals surface area contributed by atoms with Crippen molar-refractivity contribution in [1.29, 1.82) is 0 Å². The summed E-state index contributed by atoms with van der Waals surface area (Å²) in [5.74, 6) is -0.711. The molecule has 0 unspecified atom stereocenters. The summed E-state index contributed by atoms with van der Waals surface area (Å²) in [5, 5.41) is 2.84. The van der Waals surface area contributed by atoms with Gasteiger partial charge in [-0.25, -0.2) is 17.8 Å². The van der Waals surface area contributed by atoms with Gasteiger partial charge in [-0.2, -0.15) is 0 Å².